The van der Waals surface area contributed by atoms with Crippen LogP contribution in [0.3, 0.4) is 0 Å². The molecule has 122 valence electrons. The number of benzene rings is 2. The molecule has 1 atom stereocenters. The van der Waals surface area contributed by atoms with Crippen LogP contribution >= 0.6 is 7.14 Å². The number of hydrogen-bond donors (Lipinski definition) is 0. The maximum atomic E-state index is 13.8. The molecule has 2 aromatic rings. The van der Waals surface area contributed by atoms with Gasteiger partial charge in [-0.3, -0.25) is 4.79 Å². The van der Waals surface area contributed by atoms with Crippen molar-refractivity contribution in [2.45, 2.75) is 34.1 Å². The fraction of sp³-hybridized carbons (Fsp3) is 0.350. The summed E-state index contributed by atoms with van der Waals surface area (Å²) in [6, 6.07) is 15.0. The van der Waals surface area contributed by atoms with E-state index in [1.54, 1.807) is 0 Å². The van der Waals surface area contributed by atoms with Crippen LogP contribution in [-0.4, -0.2) is 11.7 Å². The van der Waals surface area contributed by atoms with Gasteiger partial charge >= 0.3 is 0 Å². The number of rotatable bonds is 6. The molecular weight excluding hydrogens is 303 g/mol. The minimum absolute atomic E-state index is 0.194. The topological polar surface area (TPSA) is 34.1 Å². The van der Waals surface area contributed by atoms with Gasteiger partial charge in [0.05, 0.1) is 0 Å². The van der Waals surface area contributed by atoms with E-state index in [4.69, 9.17) is 0 Å². The third-order valence-electron chi connectivity index (χ3n) is 4.22. The largest absolute Gasteiger partial charge is 0.310 e. The van der Waals surface area contributed by atoms with E-state index in [-0.39, 0.29) is 5.52 Å². The van der Waals surface area contributed by atoms with Crippen LogP contribution < -0.4 is 5.30 Å². The van der Waals surface area contributed by atoms with E-state index < -0.39 is 7.14 Å². The van der Waals surface area contributed by atoms with Gasteiger partial charge in [-0.05, 0) is 37.3 Å². The normalized spacial score (nSPS) is 13.8. The maximum absolute atomic E-state index is 13.8. The molecule has 1 unspecified atom stereocenters. The molecule has 0 amide bonds. The molecule has 2 aromatic carbocycles. The summed E-state index contributed by atoms with van der Waals surface area (Å²) in [6.07, 6.45) is 1.21. The van der Waals surface area contributed by atoms with Crippen LogP contribution in [0.15, 0.2) is 48.5 Å². The Kier molecular flexibility index (Phi) is 5.59. The summed E-state index contributed by atoms with van der Waals surface area (Å²) in [5, 5.41) is 0.674. The van der Waals surface area contributed by atoms with Gasteiger partial charge in [-0.1, -0.05) is 62.4 Å². The average molecular weight is 328 g/mol. The van der Waals surface area contributed by atoms with E-state index in [1.807, 2.05) is 62.4 Å². The van der Waals surface area contributed by atoms with Crippen LogP contribution in [0.25, 0.3) is 0 Å². The average Bonchev–Trinajstić information content (AvgIpc) is 2.53. The molecule has 0 heterocycles. The molecule has 0 aromatic heterocycles. The van der Waals surface area contributed by atoms with Crippen molar-refractivity contribution >= 4 is 18.0 Å². The van der Waals surface area contributed by atoms with Crippen molar-refractivity contribution in [3.05, 3.63) is 65.2 Å². The Morgan fingerprint density at radius 3 is 2.04 bits per heavy atom. The zero-order valence-electron chi connectivity index (χ0n) is 14.4. The van der Waals surface area contributed by atoms with Crippen LogP contribution in [-0.2, 0) is 4.57 Å². The molecule has 0 radical (unpaired) electrons. The predicted octanol–water partition coefficient (Wildman–Crippen LogP) is 5.18. The summed E-state index contributed by atoms with van der Waals surface area (Å²) in [5.41, 5.74) is 2.23. The summed E-state index contributed by atoms with van der Waals surface area (Å²) < 4.78 is 13.8. The van der Waals surface area contributed by atoms with Crippen molar-refractivity contribution in [1.82, 2.24) is 0 Å². The Labute approximate surface area is 139 Å². The summed E-state index contributed by atoms with van der Waals surface area (Å²) in [5.74, 6) is 0.415. The van der Waals surface area contributed by atoms with E-state index in [2.05, 4.69) is 13.8 Å². The van der Waals surface area contributed by atoms with Gasteiger partial charge in [0, 0.05) is 17.0 Å². The van der Waals surface area contributed by atoms with Gasteiger partial charge in [-0.2, -0.15) is 0 Å². The first-order valence-corrected chi connectivity index (χ1v) is 10.0. The highest BCUT2D eigenvalue weighted by molar-refractivity contribution is 7.87. The number of carbonyl (C=O) groups is 1. The molecule has 0 saturated heterocycles. The molecule has 3 heteroatoms. The Hall–Kier alpha value is -1.66. The highest BCUT2D eigenvalue weighted by Gasteiger charge is 2.35. The summed E-state index contributed by atoms with van der Waals surface area (Å²) in [7, 11) is -3.13. The lowest BCUT2D eigenvalue weighted by Gasteiger charge is -2.20. The minimum Gasteiger partial charge on any atom is -0.310 e. The third-order valence-corrected chi connectivity index (χ3v) is 7.12. The van der Waals surface area contributed by atoms with E-state index >= 15 is 0 Å². The van der Waals surface area contributed by atoms with Crippen LogP contribution in [0.4, 0.5) is 0 Å². The van der Waals surface area contributed by atoms with E-state index in [9.17, 15) is 9.36 Å². The molecule has 2 rings (SSSR count). The van der Waals surface area contributed by atoms with Gasteiger partial charge < -0.3 is 4.57 Å². The molecule has 0 aliphatic heterocycles. The second-order valence-corrected chi connectivity index (χ2v) is 9.40. The second kappa shape index (κ2) is 7.27. The van der Waals surface area contributed by atoms with Gasteiger partial charge in [0.15, 0.2) is 7.14 Å². The molecule has 0 bridgehead atoms. The maximum Gasteiger partial charge on any atom is 0.226 e. The molecule has 0 saturated carbocycles. The zero-order chi connectivity index (χ0) is 17.0. The van der Waals surface area contributed by atoms with Crippen molar-refractivity contribution in [2.75, 3.05) is 6.16 Å². The molecule has 0 aliphatic rings. The molecule has 0 spiro atoms. The summed E-state index contributed by atoms with van der Waals surface area (Å²) >= 11 is 0. The van der Waals surface area contributed by atoms with Crippen LogP contribution in [0.2, 0.25) is 0 Å². The number of hydrogen-bond acceptors (Lipinski definition) is 2. The van der Waals surface area contributed by atoms with Crippen molar-refractivity contribution in [3.63, 3.8) is 0 Å². The monoisotopic (exact) mass is 328 g/mol. The van der Waals surface area contributed by atoms with Crippen molar-refractivity contribution < 1.29 is 9.36 Å². The Bertz CT molecular complexity index is 712. The number of carbonyl (C=O) groups excluding carboxylic acids is 1. The molecule has 23 heavy (non-hydrogen) atoms. The lowest BCUT2D eigenvalue weighted by molar-refractivity contribution is 0.107. The molecular formula is C20H25O2P. The molecule has 2 nitrogen and oxygen atoms in total. The van der Waals surface area contributed by atoms with Crippen LogP contribution in [0.1, 0.15) is 41.8 Å². The fourth-order valence-corrected chi connectivity index (χ4v) is 5.73. The second-order valence-electron chi connectivity index (χ2n) is 6.55. The molecule has 0 fully saturated rings. The van der Waals surface area contributed by atoms with E-state index in [0.29, 0.717) is 22.9 Å². The Morgan fingerprint density at radius 1 is 0.957 bits per heavy atom. The first kappa shape index (κ1) is 17.7. The number of aryl methyl sites for hydroxylation is 2. The van der Waals surface area contributed by atoms with E-state index in [1.165, 1.54) is 0 Å². The van der Waals surface area contributed by atoms with E-state index in [0.717, 1.165) is 17.5 Å². The highest BCUT2D eigenvalue weighted by Crippen LogP contribution is 2.49. The Balaban J connectivity index is 2.54. The lowest BCUT2D eigenvalue weighted by atomic mass is 10.0. The van der Waals surface area contributed by atoms with Crippen molar-refractivity contribution in [1.29, 1.82) is 0 Å². The summed E-state index contributed by atoms with van der Waals surface area (Å²) in [6.45, 7) is 8.02. The molecule has 0 aliphatic carbocycles. The zero-order valence-corrected chi connectivity index (χ0v) is 15.3. The minimum atomic E-state index is -3.13. The van der Waals surface area contributed by atoms with Crippen LogP contribution in [0.5, 0.6) is 0 Å². The quantitative estimate of drug-likeness (QED) is 0.685. The highest BCUT2D eigenvalue weighted by atomic mass is 31.2. The van der Waals surface area contributed by atoms with Gasteiger partial charge in [-0.15, -0.1) is 0 Å². The van der Waals surface area contributed by atoms with Crippen LogP contribution in [0, 0.1) is 19.8 Å². The first-order valence-electron chi connectivity index (χ1n) is 8.12. The van der Waals surface area contributed by atoms with Crippen molar-refractivity contribution in [3.8, 4) is 0 Å². The Morgan fingerprint density at radius 2 is 1.52 bits per heavy atom. The summed E-state index contributed by atoms with van der Waals surface area (Å²) in [4.78, 5) is 13.3. The van der Waals surface area contributed by atoms with Gasteiger partial charge in [0.2, 0.25) is 5.52 Å². The molecule has 0 N–H and O–H groups in total. The predicted molar refractivity (Wildman–Crippen MR) is 98.3 cm³/mol. The SMILES string of the molecule is Cc1cccc(C)c1C(=O)P(=O)(CCC(C)C)c1ccccc1. The smallest absolute Gasteiger partial charge is 0.226 e. The lowest BCUT2D eigenvalue weighted by Crippen LogP contribution is -2.18. The standard InChI is InChI=1S/C20H25O2P/c1-15(2)13-14-23(22,18-11-6-5-7-12-18)20(21)19-16(3)9-8-10-17(19)4/h5-12,15H,13-14H2,1-4H3. The van der Waals surface area contributed by atoms with Gasteiger partial charge in [0.25, 0.3) is 0 Å². The van der Waals surface area contributed by atoms with Crippen molar-refractivity contribution in [2.24, 2.45) is 5.92 Å². The fourth-order valence-electron chi connectivity index (χ4n) is 2.79. The van der Waals surface area contributed by atoms with Gasteiger partial charge in [-0.25, -0.2) is 0 Å². The first-order chi connectivity index (χ1) is 10.9. The van der Waals surface area contributed by atoms with Gasteiger partial charge in [0.1, 0.15) is 0 Å². The third kappa shape index (κ3) is 3.82.